The molecule has 0 spiro atoms. The van der Waals surface area contributed by atoms with Gasteiger partial charge < -0.3 is 5.32 Å². The smallest absolute Gasteiger partial charge is 0.243 e. The zero-order valence-electron chi connectivity index (χ0n) is 17.1. The lowest BCUT2D eigenvalue weighted by Gasteiger charge is -2.25. The third-order valence-electron chi connectivity index (χ3n) is 5.21. The number of piperidine rings is 1. The van der Waals surface area contributed by atoms with Crippen molar-refractivity contribution in [1.82, 2.24) is 14.6 Å². The zero-order chi connectivity index (χ0) is 20.9. The lowest BCUT2D eigenvalue weighted by atomic mass is 10.1. The van der Waals surface area contributed by atoms with E-state index >= 15 is 0 Å². The van der Waals surface area contributed by atoms with Crippen LogP contribution in [-0.2, 0) is 27.7 Å². The minimum Gasteiger partial charge on any atom is -0.348 e. The SMILES string of the molecule is CCc1nc(C(C)NC(=O)CCc2ccc(S(=O)(=O)N3CCCCC3)cc2)cs1. The fourth-order valence-corrected chi connectivity index (χ4v) is 5.77. The summed E-state index contributed by atoms with van der Waals surface area (Å²) in [5.74, 6) is -0.0337. The average Bonchev–Trinajstić information content (AvgIpc) is 3.23. The molecule has 1 aromatic heterocycles. The van der Waals surface area contributed by atoms with Crippen LogP contribution in [-0.4, -0.2) is 36.7 Å². The van der Waals surface area contributed by atoms with Crippen molar-refractivity contribution in [3.05, 3.63) is 45.9 Å². The van der Waals surface area contributed by atoms with E-state index in [0.29, 0.717) is 30.8 Å². The molecule has 0 bridgehead atoms. The van der Waals surface area contributed by atoms with E-state index in [0.717, 1.165) is 41.9 Å². The summed E-state index contributed by atoms with van der Waals surface area (Å²) in [6.07, 6.45) is 4.76. The number of nitrogens with zero attached hydrogens (tertiary/aromatic N) is 2. The first-order valence-corrected chi connectivity index (χ1v) is 12.5. The molecule has 1 unspecified atom stereocenters. The van der Waals surface area contributed by atoms with Gasteiger partial charge in [-0.15, -0.1) is 11.3 Å². The van der Waals surface area contributed by atoms with E-state index < -0.39 is 10.0 Å². The molecule has 1 atom stereocenters. The summed E-state index contributed by atoms with van der Waals surface area (Å²) >= 11 is 1.61. The summed E-state index contributed by atoms with van der Waals surface area (Å²) in [4.78, 5) is 17.1. The Balaban J connectivity index is 1.52. The first kappa shape index (κ1) is 21.9. The summed E-state index contributed by atoms with van der Waals surface area (Å²) in [6.45, 7) is 5.20. The molecule has 1 aliphatic heterocycles. The highest BCUT2D eigenvalue weighted by molar-refractivity contribution is 7.89. The van der Waals surface area contributed by atoms with E-state index in [2.05, 4.69) is 17.2 Å². The highest BCUT2D eigenvalue weighted by Crippen LogP contribution is 2.21. The number of benzene rings is 1. The van der Waals surface area contributed by atoms with E-state index in [1.807, 2.05) is 24.4 Å². The van der Waals surface area contributed by atoms with Gasteiger partial charge >= 0.3 is 0 Å². The van der Waals surface area contributed by atoms with Crippen LogP contribution in [0.4, 0.5) is 0 Å². The number of thiazole rings is 1. The van der Waals surface area contributed by atoms with Gasteiger partial charge in [0.15, 0.2) is 0 Å². The average molecular weight is 436 g/mol. The highest BCUT2D eigenvalue weighted by Gasteiger charge is 2.25. The molecule has 1 aromatic carbocycles. The van der Waals surface area contributed by atoms with E-state index in [-0.39, 0.29) is 11.9 Å². The van der Waals surface area contributed by atoms with Crippen LogP contribution in [0.5, 0.6) is 0 Å². The highest BCUT2D eigenvalue weighted by atomic mass is 32.2. The van der Waals surface area contributed by atoms with Crippen molar-refractivity contribution in [2.45, 2.75) is 63.3 Å². The van der Waals surface area contributed by atoms with Crippen LogP contribution >= 0.6 is 11.3 Å². The number of hydrogen-bond donors (Lipinski definition) is 1. The maximum atomic E-state index is 12.7. The first-order valence-electron chi connectivity index (χ1n) is 10.2. The molecule has 1 fully saturated rings. The molecular weight excluding hydrogens is 406 g/mol. The fourth-order valence-electron chi connectivity index (χ4n) is 3.41. The number of amides is 1. The normalized spacial score (nSPS) is 16.5. The van der Waals surface area contributed by atoms with Gasteiger partial charge in [0, 0.05) is 24.9 Å². The van der Waals surface area contributed by atoms with Crippen molar-refractivity contribution in [2.75, 3.05) is 13.1 Å². The standard InChI is InChI=1S/C21H29N3O3S2/c1-3-21-23-19(15-28-21)16(2)22-20(25)12-9-17-7-10-18(11-8-17)29(26,27)24-13-5-4-6-14-24/h7-8,10-11,15-16H,3-6,9,12-14H2,1-2H3,(H,22,25). The van der Waals surface area contributed by atoms with E-state index in [1.165, 1.54) is 0 Å². The van der Waals surface area contributed by atoms with Crippen molar-refractivity contribution in [2.24, 2.45) is 0 Å². The Morgan fingerprint density at radius 3 is 2.52 bits per heavy atom. The molecule has 1 saturated heterocycles. The Labute approximate surface area is 177 Å². The Morgan fingerprint density at radius 2 is 1.90 bits per heavy atom. The van der Waals surface area contributed by atoms with Gasteiger partial charge in [0.2, 0.25) is 15.9 Å². The second-order valence-electron chi connectivity index (χ2n) is 7.42. The minimum absolute atomic E-state index is 0.0337. The van der Waals surface area contributed by atoms with Gasteiger partial charge in [0.25, 0.3) is 0 Å². The van der Waals surface area contributed by atoms with Crippen LogP contribution in [0.2, 0.25) is 0 Å². The monoisotopic (exact) mass is 435 g/mol. The topological polar surface area (TPSA) is 79.4 Å². The van der Waals surface area contributed by atoms with Gasteiger partial charge in [-0.1, -0.05) is 25.5 Å². The Kier molecular flexibility index (Phi) is 7.43. The molecule has 3 rings (SSSR count). The predicted octanol–water partition coefficient (Wildman–Crippen LogP) is 3.69. The summed E-state index contributed by atoms with van der Waals surface area (Å²) in [5.41, 5.74) is 1.85. The Morgan fingerprint density at radius 1 is 1.21 bits per heavy atom. The lowest BCUT2D eigenvalue weighted by molar-refractivity contribution is -0.121. The number of hydrogen-bond acceptors (Lipinski definition) is 5. The van der Waals surface area contributed by atoms with E-state index in [1.54, 1.807) is 27.8 Å². The molecule has 6 nitrogen and oxygen atoms in total. The van der Waals surface area contributed by atoms with Gasteiger partial charge in [-0.05, 0) is 50.3 Å². The zero-order valence-corrected chi connectivity index (χ0v) is 18.7. The Hall–Kier alpha value is -1.77. The summed E-state index contributed by atoms with van der Waals surface area (Å²) in [7, 11) is -3.41. The second kappa shape index (κ2) is 9.82. The summed E-state index contributed by atoms with van der Waals surface area (Å²) in [6, 6.07) is 6.81. The Bertz CT molecular complexity index is 917. The number of aromatic nitrogens is 1. The molecule has 0 saturated carbocycles. The second-order valence-corrected chi connectivity index (χ2v) is 10.3. The van der Waals surface area contributed by atoms with Crippen LogP contribution in [0.1, 0.15) is 61.8 Å². The van der Waals surface area contributed by atoms with Crippen molar-refractivity contribution >= 4 is 27.3 Å². The first-order chi connectivity index (χ1) is 13.9. The third-order valence-corrected chi connectivity index (χ3v) is 8.13. The quantitative estimate of drug-likeness (QED) is 0.686. The van der Waals surface area contributed by atoms with Crippen LogP contribution in [0.15, 0.2) is 34.5 Å². The number of nitrogens with one attached hydrogen (secondary N) is 1. The molecule has 29 heavy (non-hydrogen) atoms. The van der Waals surface area contributed by atoms with E-state index in [9.17, 15) is 13.2 Å². The maximum absolute atomic E-state index is 12.7. The number of carbonyl (C=O) groups excluding carboxylic acids is 1. The van der Waals surface area contributed by atoms with Crippen LogP contribution in [0, 0.1) is 0 Å². The van der Waals surface area contributed by atoms with Crippen LogP contribution < -0.4 is 5.32 Å². The molecule has 1 amide bonds. The molecule has 158 valence electrons. The number of sulfonamides is 1. The summed E-state index contributed by atoms with van der Waals surface area (Å²) < 4.78 is 27.0. The van der Waals surface area contributed by atoms with E-state index in [4.69, 9.17) is 0 Å². The molecule has 8 heteroatoms. The molecule has 2 heterocycles. The maximum Gasteiger partial charge on any atom is 0.243 e. The van der Waals surface area contributed by atoms with Crippen LogP contribution in [0.25, 0.3) is 0 Å². The molecule has 0 aliphatic carbocycles. The molecular formula is C21H29N3O3S2. The van der Waals surface area contributed by atoms with Crippen molar-refractivity contribution < 1.29 is 13.2 Å². The van der Waals surface area contributed by atoms with Crippen molar-refractivity contribution in [3.8, 4) is 0 Å². The number of carbonyl (C=O) groups is 1. The van der Waals surface area contributed by atoms with Crippen LogP contribution in [0.3, 0.4) is 0 Å². The molecule has 2 aromatic rings. The van der Waals surface area contributed by atoms with Crippen molar-refractivity contribution in [1.29, 1.82) is 0 Å². The van der Waals surface area contributed by atoms with Gasteiger partial charge in [-0.3, -0.25) is 4.79 Å². The minimum atomic E-state index is -3.41. The number of rotatable bonds is 8. The molecule has 0 radical (unpaired) electrons. The van der Waals surface area contributed by atoms with Gasteiger partial charge in [0.05, 0.1) is 21.6 Å². The van der Waals surface area contributed by atoms with Gasteiger partial charge in [0.1, 0.15) is 0 Å². The number of aryl methyl sites for hydroxylation is 2. The van der Waals surface area contributed by atoms with Crippen molar-refractivity contribution in [3.63, 3.8) is 0 Å². The van der Waals surface area contributed by atoms with Gasteiger partial charge in [-0.25, -0.2) is 13.4 Å². The third kappa shape index (κ3) is 5.65. The summed E-state index contributed by atoms with van der Waals surface area (Å²) in [5, 5.41) is 6.05. The predicted molar refractivity (Wildman–Crippen MR) is 115 cm³/mol. The lowest BCUT2D eigenvalue weighted by Crippen LogP contribution is -2.35. The largest absolute Gasteiger partial charge is 0.348 e. The molecule has 1 N–H and O–H groups in total. The molecule has 1 aliphatic rings. The fraction of sp³-hybridized carbons (Fsp3) is 0.524. The van der Waals surface area contributed by atoms with Gasteiger partial charge in [-0.2, -0.15) is 4.31 Å².